The lowest BCUT2D eigenvalue weighted by Gasteiger charge is -2.14. The molecular formula is C17H17ClINO2. The Morgan fingerprint density at radius 2 is 2.09 bits per heavy atom. The second-order valence-corrected chi connectivity index (χ2v) is 6.46. The molecule has 0 saturated carbocycles. The number of hydrogen-bond donors (Lipinski definition) is 1. The summed E-state index contributed by atoms with van der Waals surface area (Å²) in [7, 11) is 0. The number of nitrogens with one attached hydrogen (secondary N) is 1. The van der Waals surface area contributed by atoms with Crippen molar-refractivity contribution in [1.29, 1.82) is 0 Å². The molecule has 0 aliphatic heterocycles. The van der Waals surface area contributed by atoms with Gasteiger partial charge in [-0.3, -0.25) is 4.79 Å². The molecule has 22 heavy (non-hydrogen) atoms. The van der Waals surface area contributed by atoms with E-state index in [2.05, 4.69) is 27.9 Å². The molecule has 0 aromatic heterocycles. The van der Waals surface area contributed by atoms with E-state index in [4.69, 9.17) is 16.3 Å². The van der Waals surface area contributed by atoms with E-state index in [0.29, 0.717) is 23.8 Å². The average Bonchev–Trinajstić information content (AvgIpc) is 2.48. The van der Waals surface area contributed by atoms with Crippen LogP contribution >= 0.6 is 34.2 Å². The number of carbonyl (C=O) groups is 1. The standard InChI is InChI=1S/C17H17ClINO2/c1-3-17(21)20-15-6-4-5-14(19)12(15)10-22-16-8-7-11(2)9-13(16)18/h4-9H,3,10H2,1-2H3,(H,20,21). The molecule has 0 fully saturated rings. The Hall–Kier alpha value is -1.27. The van der Waals surface area contributed by atoms with E-state index in [-0.39, 0.29) is 5.91 Å². The minimum Gasteiger partial charge on any atom is -0.487 e. The number of carbonyl (C=O) groups excluding carboxylic acids is 1. The molecule has 2 rings (SSSR count). The molecule has 0 radical (unpaired) electrons. The maximum Gasteiger partial charge on any atom is 0.224 e. The molecule has 116 valence electrons. The van der Waals surface area contributed by atoms with Crippen molar-refractivity contribution in [3.05, 3.63) is 56.1 Å². The Bertz CT molecular complexity index is 688. The maximum atomic E-state index is 11.6. The summed E-state index contributed by atoms with van der Waals surface area (Å²) < 4.78 is 6.86. The van der Waals surface area contributed by atoms with Crippen LogP contribution in [-0.2, 0) is 11.4 Å². The molecule has 0 atom stereocenters. The van der Waals surface area contributed by atoms with Gasteiger partial charge in [-0.25, -0.2) is 0 Å². The van der Waals surface area contributed by atoms with Crippen LogP contribution in [0.15, 0.2) is 36.4 Å². The molecular weight excluding hydrogens is 413 g/mol. The first-order chi connectivity index (χ1) is 10.5. The third-order valence-corrected chi connectivity index (χ3v) is 4.48. The second kappa shape index (κ2) is 7.83. The number of anilines is 1. The Morgan fingerprint density at radius 1 is 1.32 bits per heavy atom. The van der Waals surface area contributed by atoms with Crippen molar-refractivity contribution in [2.24, 2.45) is 0 Å². The minimum atomic E-state index is -0.0170. The highest BCUT2D eigenvalue weighted by molar-refractivity contribution is 14.1. The summed E-state index contributed by atoms with van der Waals surface area (Å²) in [4.78, 5) is 11.6. The van der Waals surface area contributed by atoms with Gasteiger partial charge in [0, 0.05) is 21.2 Å². The van der Waals surface area contributed by atoms with Crippen molar-refractivity contribution >= 4 is 45.8 Å². The summed E-state index contributed by atoms with van der Waals surface area (Å²) in [5, 5.41) is 3.49. The van der Waals surface area contributed by atoms with Gasteiger partial charge >= 0.3 is 0 Å². The first-order valence-electron chi connectivity index (χ1n) is 6.97. The third-order valence-electron chi connectivity index (χ3n) is 3.17. The van der Waals surface area contributed by atoms with Crippen LogP contribution in [0.1, 0.15) is 24.5 Å². The molecule has 0 unspecified atom stereocenters. The lowest BCUT2D eigenvalue weighted by Crippen LogP contribution is -2.13. The van der Waals surface area contributed by atoms with Gasteiger partial charge in [0.25, 0.3) is 0 Å². The molecule has 1 N–H and O–H groups in total. The predicted octanol–water partition coefficient (Wildman–Crippen LogP) is 5.18. The fraction of sp³-hybridized carbons (Fsp3) is 0.235. The maximum absolute atomic E-state index is 11.6. The predicted molar refractivity (Wildman–Crippen MR) is 98.6 cm³/mol. The molecule has 2 aromatic carbocycles. The van der Waals surface area contributed by atoms with Crippen LogP contribution in [0, 0.1) is 10.5 Å². The Labute approximate surface area is 149 Å². The van der Waals surface area contributed by atoms with E-state index in [1.54, 1.807) is 0 Å². The van der Waals surface area contributed by atoms with Crippen LogP contribution in [0.25, 0.3) is 0 Å². The minimum absolute atomic E-state index is 0.0170. The van der Waals surface area contributed by atoms with Gasteiger partial charge in [-0.05, 0) is 59.3 Å². The normalized spacial score (nSPS) is 10.4. The summed E-state index contributed by atoms with van der Waals surface area (Å²) in [5.74, 6) is 0.622. The van der Waals surface area contributed by atoms with Crippen molar-refractivity contribution in [2.45, 2.75) is 26.9 Å². The van der Waals surface area contributed by atoms with Gasteiger partial charge < -0.3 is 10.1 Å². The van der Waals surface area contributed by atoms with Gasteiger partial charge in [-0.15, -0.1) is 0 Å². The topological polar surface area (TPSA) is 38.3 Å². The summed E-state index contributed by atoms with van der Waals surface area (Å²) >= 11 is 8.42. The zero-order valence-electron chi connectivity index (χ0n) is 12.5. The highest BCUT2D eigenvalue weighted by atomic mass is 127. The summed E-state index contributed by atoms with van der Waals surface area (Å²) in [6, 6.07) is 11.5. The molecule has 5 heteroatoms. The summed E-state index contributed by atoms with van der Waals surface area (Å²) in [5.41, 5.74) is 2.81. The first-order valence-corrected chi connectivity index (χ1v) is 8.43. The molecule has 0 aliphatic carbocycles. The van der Waals surface area contributed by atoms with Gasteiger partial charge in [0.05, 0.1) is 5.02 Å². The lowest BCUT2D eigenvalue weighted by atomic mass is 10.2. The Morgan fingerprint density at radius 3 is 2.77 bits per heavy atom. The van der Waals surface area contributed by atoms with Gasteiger partial charge in [0.2, 0.25) is 5.91 Å². The number of rotatable bonds is 5. The van der Waals surface area contributed by atoms with Gasteiger partial charge in [0.1, 0.15) is 12.4 Å². The van der Waals surface area contributed by atoms with E-state index in [0.717, 1.165) is 20.4 Å². The van der Waals surface area contributed by atoms with E-state index in [1.165, 1.54) is 0 Å². The van der Waals surface area contributed by atoms with Crippen LogP contribution in [0.4, 0.5) is 5.69 Å². The SMILES string of the molecule is CCC(=O)Nc1cccc(I)c1COc1ccc(C)cc1Cl. The van der Waals surface area contributed by atoms with Crippen molar-refractivity contribution in [1.82, 2.24) is 0 Å². The molecule has 0 spiro atoms. The van der Waals surface area contributed by atoms with E-state index in [1.807, 2.05) is 50.2 Å². The number of benzene rings is 2. The first kappa shape index (κ1) is 17.1. The fourth-order valence-electron chi connectivity index (χ4n) is 1.93. The largest absolute Gasteiger partial charge is 0.487 e. The molecule has 0 heterocycles. The second-order valence-electron chi connectivity index (χ2n) is 4.89. The van der Waals surface area contributed by atoms with Gasteiger partial charge in [-0.2, -0.15) is 0 Å². The molecule has 0 aliphatic rings. The molecule has 2 aromatic rings. The summed E-state index contributed by atoms with van der Waals surface area (Å²) in [6.07, 6.45) is 0.440. The fourth-order valence-corrected chi connectivity index (χ4v) is 2.88. The Kier molecular flexibility index (Phi) is 6.08. The van der Waals surface area contributed by atoms with Crippen molar-refractivity contribution in [3.8, 4) is 5.75 Å². The quantitative estimate of drug-likeness (QED) is 0.665. The van der Waals surface area contributed by atoms with Crippen molar-refractivity contribution in [2.75, 3.05) is 5.32 Å². The van der Waals surface area contributed by atoms with Crippen molar-refractivity contribution < 1.29 is 9.53 Å². The zero-order valence-corrected chi connectivity index (χ0v) is 15.4. The molecule has 1 amide bonds. The molecule has 0 bridgehead atoms. The smallest absolute Gasteiger partial charge is 0.224 e. The zero-order chi connectivity index (χ0) is 16.1. The van der Waals surface area contributed by atoms with Crippen LogP contribution in [0.2, 0.25) is 5.02 Å². The monoisotopic (exact) mass is 429 g/mol. The Balaban J connectivity index is 2.19. The van der Waals surface area contributed by atoms with Crippen molar-refractivity contribution in [3.63, 3.8) is 0 Å². The molecule has 3 nitrogen and oxygen atoms in total. The van der Waals surface area contributed by atoms with Crippen LogP contribution in [0.5, 0.6) is 5.75 Å². The number of hydrogen-bond acceptors (Lipinski definition) is 2. The molecule has 0 saturated heterocycles. The number of amides is 1. The van der Waals surface area contributed by atoms with E-state index in [9.17, 15) is 4.79 Å². The van der Waals surface area contributed by atoms with E-state index < -0.39 is 0 Å². The third kappa shape index (κ3) is 4.36. The number of aryl methyl sites for hydroxylation is 1. The van der Waals surface area contributed by atoms with Gasteiger partial charge in [-0.1, -0.05) is 30.7 Å². The lowest BCUT2D eigenvalue weighted by molar-refractivity contribution is -0.115. The highest BCUT2D eigenvalue weighted by Crippen LogP contribution is 2.28. The number of halogens is 2. The van der Waals surface area contributed by atoms with E-state index >= 15 is 0 Å². The summed E-state index contributed by atoms with van der Waals surface area (Å²) in [6.45, 7) is 4.15. The number of ether oxygens (including phenoxy) is 1. The van der Waals surface area contributed by atoms with Crippen LogP contribution < -0.4 is 10.1 Å². The average molecular weight is 430 g/mol. The van der Waals surface area contributed by atoms with Crippen LogP contribution in [0.3, 0.4) is 0 Å². The van der Waals surface area contributed by atoms with Gasteiger partial charge in [0.15, 0.2) is 0 Å². The highest BCUT2D eigenvalue weighted by Gasteiger charge is 2.11. The van der Waals surface area contributed by atoms with Crippen LogP contribution in [-0.4, -0.2) is 5.91 Å².